The molecule has 0 aromatic heterocycles. The fourth-order valence-corrected chi connectivity index (χ4v) is 2.97. The van der Waals surface area contributed by atoms with E-state index in [-0.39, 0.29) is 6.09 Å². The maximum Gasteiger partial charge on any atom is 0.410 e. The maximum atomic E-state index is 12.0. The normalized spacial score (nSPS) is 18.5. The van der Waals surface area contributed by atoms with E-state index in [4.69, 9.17) is 4.74 Å². The Morgan fingerprint density at radius 2 is 2.14 bits per heavy atom. The van der Waals surface area contributed by atoms with Gasteiger partial charge in [0.2, 0.25) is 0 Å². The van der Waals surface area contributed by atoms with Crippen molar-refractivity contribution >= 4 is 22.0 Å². The van der Waals surface area contributed by atoms with Crippen molar-refractivity contribution in [2.75, 3.05) is 19.6 Å². The molecule has 0 aliphatic carbocycles. The number of rotatable bonds is 4. The lowest BCUT2D eigenvalue weighted by Gasteiger charge is -2.24. The first-order valence-corrected chi connectivity index (χ1v) is 8.56. The molecule has 4 nitrogen and oxygen atoms in total. The Morgan fingerprint density at radius 3 is 2.82 bits per heavy atom. The highest BCUT2D eigenvalue weighted by Gasteiger charge is 2.29. The molecule has 0 radical (unpaired) electrons. The zero-order chi connectivity index (χ0) is 16.2. The first-order chi connectivity index (χ1) is 10.3. The summed E-state index contributed by atoms with van der Waals surface area (Å²) in [4.78, 5) is 13.8. The molecule has 1 aromatic rings. The third-order valence-corrected chi connectivity index (χ3v) is 4.42. The van der Waals surface area contributed by atoms with Crippen molar-refractivity contribution in [2.45, 2.75) is 39.3 Å². The predicted molar refractivity (Wildman–Crippen MR) is 91.8 cm³/mol. The largest absolute Gasteiger partial charge is 0.444 e. The Morgan fingerprint density at radius 1 is 1.41 bits per heavy atom. The molecule has 1 heterocycles. The number of hydrogen-bond acceptors (Lipinski definition) is 3. The van der Waals surface area contributed by atoms with Crippen LogP contribution < -0.4 is 5.32 Å². The molecule has 1 aliphatic rings. The lowest BCUT2D eigenvalue weighted by molar-refractivity contribution is 0.0288. The lowest BCUT2D eigenvalue weighted by atomic mass is 10.1. The molecular formula is C17H25BrN2O2. The van der Waals surface area contributed by atoms with E-state index in [2.05, 4.69) is 33.4 Å². The molecule has 5 heteroatoms. The minimum Gasteiger partial charge on any atom is -0.444 e. The van der Waals surface area contributed by atoms with Crippen molar-refractivity contribution in [1.29, 1.82) is 0 Å². The Hall–Kier alpha value is -1.07. The molecule has 2 rings (SSSR count). The average molecular weight is 369 g/mol. The summed E-state index contributed by atoms with van der Waals surface area (Å²) in [6, 6.07) is 8.22. The van der Waals surface area contributed by atoms with Gasteiger partial charge in [-0.15, -0.1) is 0 Å². The highest BCUT2D eigenvalue weighted by molar-refractivity contribution is 9.10. The number of ether oxygens (including phenoxy) is 1. The van der Waals surface area contributed by atoms with Crippen molar-refractivity contribution in [3.05, 3.63) is 34.3 Å². The molecule has 0 bridgehead atoms. The number of nitrogens with one attached hydrogen (secondary N) is 1. The van der Waals surface area contributed by atoms with Crippen LogP contribution in [0.5, 0.6) is 0 Å². The summed E-state index contributed by atoms with van der Waals surface area (Å²) in [7, 11) is 0. The summed E-state index contributed by atoms with van der Waals surface area (Å²) in [5, 5.41) is 3.48. The van der Waals surface area contributed by atoms with Crippen molar-refractivity contribution in [3.8, 4) is 0 Å². The van der Waals surface area contributed by atoms with Gasteiger partial charge in [0.25, 0.3) is 0 Å². The van der Waals surface area contributed by atoms with Gasteiger partial charge in [0.1, 0.15) is 5.60 Å². The number of likely N-dealkylation sites (tertiary alicyclic amines) is 1. The third kappa shape index (κ3) is 5.29. The second-order valence-electron chi connectivity index (χ2n) is 6.80. The van der Waals surface area contributed by atoms with Gasteiger partial charge >= 0.3 is 6.09 Å². The van der Waals surface area contributed by atoms with Gasteiger partial charge in [0.05, 0.1) is 0 Å². The number of nitrogens with zero attached hydrogens (tertiary/aromatic N) is 1. The predicted octanol–water partition coefficient (Wildman–Crippen LogP) is 3.80. The topological polar surface area (TPSA) is 41.6 Å². The molecule has 1 atom stereocenters. The molecule has 0 saturated carbocycles. The molecule has 0 unspecified atom stereocenters. The first kappa shape index (κ1) is 17.3. The van der Waals surface area contributed by atoms with Crippen LogP contribution in [0.1, 0.15) is 32.8 Å². The number of carbonyl (C=O) groups is 1. The van der Waals surface area contributed by atoms with Gasteiger partial charge in [-0.1, -0.05) is 34.1 Å². The van der Waals surface area contributed by atoms with Crippen LogP contribution in [-0.4, -0.2) is 36.2 Å². The monoisotopic (exact) mass is 368 g/mol. The molecule has 1 saturated heterocycles. The number of carbonyl (C=O) groups excluding carboxylic acids is 1. The van der Waals surface area contributed by atoms with Crippen LogP contribution in [0.3, 0.4) is 0 Å². The van der Waals surface area contributed by atoms with E-state index in [0.29, 0.717) is 5.92 Å². The van der Waals surface area contributed by atoms with Crippen LogP contribution >= 0.6 is 15.9 Å². The van der Waals surface area contributed by atoms with Crippen LogP contribution in [0.4, 0.5) is 4.79 Å². The molecule has 1 aliphatic heterocycles. The molecule has 0 spiro atoms. The minimum absolute atomic E-state index is 0.194. The summed E-state index contributed by atoms with van der Waals surface area (Å²) in [6.07, 6.45) is 0.836. The smallest absolute Gasteiger partial charge is 0.410 e. The van der Waals surface area contributed by atoms with Crippen molar-refractivity contribution in [3.63, 3.8) is 0 Å². The molecule has 1 fully saturated rings. The van der Waals surface area contributed by atoms with Crippen LogP contribution in [0.2, 0.25) is 0 Å². The van der Waals surface area contributed by atoms with Crippen LogP contribution in [0.25, 0.3) is 0 Å². The Labute approximate surface area is 141 Å². The zero-order valence-corrected chi connectivity index (χ0v) is 15.1. The van der Waals surface area contributed by atoms with E-state index in [1.165, 1.54) is 5.56 Å². The lowest BCUT2D eigenvalue weighted by Crippen LogP contribution is -2.36. The Balaban J connectivity index is 1.73. The number of amides is 1. The van der Waals surface area contributed by atoms with E-state index >= 15 is 0 Å². The fourth-order valence-electron chi connectivity index (χ4n) is 2.54. The third-order valence-electron chi connectivity index (χ3n) is 3.64. The summed E-state index contributed by atoms with van der Waals surface area (Å²) in [5.74, 6) is 0.495. The van der Waals surface area contributed by atoms with Crippen LogP contribution in [-0.2, 0) is 11.3 Å². The number of benzene rings is 1. The molecule has 1 amide bonds. The summed E-state index contributed by atoms with van der Waals surface area (Å²) in [6.45, 7) is 9.02. The van der Waals surface area contributed by atoms with E-state index < -0.39 is 5.60 Å². The summed E-state index contributed by atoms with van der Waals surface area (Å²) < 4.78 is 6.55. The van der Waals surface area contributed by atoms with E-state index in [1.54, 1.807) is 0 Å². The van der Waals surface area contributed by atoms with Gasteiger partial charge in [-0.3, -0.25) is 0 Å². The molecule has 1 aromatic carbocycles. The van der Waals surface area contributed by atoms with Gasteiger partial charge in [0, 0.05) is 30.7 Å². The second kappa shape index (κ2) is 7.47. The number of hydrogen-bond donors (Lipinski definition) is 1. The highest BCUT2D eigenvalue weighted by Crippen LogP contribution is 2.20. The molecule has 1 N–H and O–H groups in total. The number of halogens is 1. The molecular weight excluding hydrogens is 344 g/mol. The van der Waals surface area contributed by atoms with Gasteiger partial charge in [-0.2, -0.15) is 0 Å². The average Bonchev–Trinajstić information content (AvgIpc) is 2.88. The van der Waals surface area contributed by atoms with Crippen molar-refractivity contribution in [1.82, 2.24) is 10.2 Å². The molecule has 122 valence electrons. The second-order valence-corrected chi connectivity index (χ2v) is 7.66. The Bertz CT molecular complexity index is 514. The standard InChI is InChI=1S/C17H25BrN2O2/c1-17(2,3)22-16(21)20-9-8-13(12-20)10-19-11-14-6-4-5-7-15(14)18/h4-7,13,19H,8-12H2,1-3H3/t13-/m1/s1. The quantitative estimate of drug-likeness (QED) is 0.878. The van der Waals surface area contributed by atoms with E-state index in [9.17, 15) is 4.79 Å². The summed E-state index contributed by atoms with van der Waals surface area (Å²) >= 11 is 3.56. The maximum absolute atomic E-state index is 12.0. The van der Waals surface area contributed by atoms with Gasteiger partial charge in [-0.25, -0.2) is 4.79 Å². The first-order valence-electron chi connectivity index (χ1n) is 7.77. The van der Waals surface area contributed by atoms with Gasteiger partial charge < -0.3 is 15.0 Å². The van der Waals surface area contributed by atoms with Crippen molar-refractivity contribution in [2.24, 2.45) is 5.92 Å². The molecule has 22 heavy (non-hydrogen) atoms. The fraction of sp³-hybridized carbons (Fsp3) is 0.588. The van der Waals surface area contributed by atoms with Gasteiger partial charge in [0.15, 0.2) is 0 Å². The minimum atomic E-state index is -0.424. The van der Waals surface area contributed by atoms with Crippen LogP contribution in [0.15, 0.2) is 28.7 Å². The van der Waals surface area contributed by atoms with Crippen molar-refractivity contribution < 1.29 is 9.53 Å². The van der Waals surface area contributed by atoms with E-state index in [0.717, 1.165) is 37.1 Å². The summed E-state index contributed by atoms with van der Waals surface area (Å²) in [5.41, 5.74) is 0.831. The Kier molecular flexibility index (Phi) is 5.87. The van der Waals surface area contributed by atoms with E-state index in [1.807, 2.05) is 37.8 Å². The van der Waals surface area contributed by atoms with Gasteiger partial charge in [-0.05, 0) is 44.7 Å². The van der Waals surface area contributed by atoms with Crippen LogP contribution in [0, 0.1) is 5.92 Å². The zero-order valence-electron chi connectivity index (χ0n) is 13.6. The SMILES string of the molecule is CC(C)(C)OC(=O)N1CC[C@H](CNCc2ccccc2Br)C1. The highest BCUT2D eigenvalue weighted by atomic mass is 79.9.